The highest BCUT2D eigenvalue weighted by atomic mass is 16.4. The molecule has 0 aromatic heterocycles. The summed E-state index contributed by atoms with van der Waals surface area (Å²) in [6.07, 6.45) is 0.933. The van der Waals surface area contributed by atoms with Crippen molar-refractivity contribution < 1.29 is 19.8 Å². The van der Waals surface area contributed by atoms with E-state index in [9.17, 15) is 9.59 Å². The van der Waals surface area contributed by atoms with Gasteiger partial charge in [-0.3, -0.25) is 19.4 Å². The highest BCUT2D eigenvalue weighted by molar-refractivity contribution is 5.69. The molecule has 0 atom stereocenters. The first kappa shape index (κ1) is 19.9. The number of carboxylic acid groups (broad SMARTS) is 2. The van der Waals surface area contributed by atoms with E-state index in [1.807, 2.05) is 9.80 Å². The van der Waals surface area contributed by atoms with Crippen LogP contribution >= 0.6 is 0 Å². The highest BCUT2D eigenvalue weighted by Crippen LogP contribution is 2.15. The van der Waals surface area contributed by atoms with Crippen LogP contribution < -0.4 is 0 Å². The van der Waals surface area contributed by atoms with E-state index in [1.165, 1.54) is 0 Å². The monoisotopic (exact) mass is 329 g/mol. The molecule has 1 rings (SSSR count). The van der Waals surface area contributed by atoms with Crippen molar-refractivity contribution in [2.45, 2.75) is 27.2 Å². The maximum absolute atomic E-state index is 11.0. The summed E-state index contributed by atoms with van der Waals surface area (Å²) < 4.78 is 0. The van der Waals surface area contributed by atoms with Crippen molar-refractivity contribution >= 4 is 11.9 Å². The molecule has 0 bridgehead atoms. The molecule has 1 aliphatic rings. The number of rotatable bonds is 5. The summed E-state index contributed by atoms with van der Waals surface area (Å²) in [6, 6.07) is 0. The molecule has 1 aliphatic heterocycles. The standard InChI is InChI=1S/C16H31N3O4/c1-16(2,3)13-19-6-4-5-17(11-14(20)21)7-8-18(9-10-19)12-15(22)23/h4-13H2,1-3H3,(H,20,21)(H,22,23). The van der Waals surface area contributed by atoms with Crippen LogP contribution in [-0.4, -0.2) is 95.8 Å². The van der Waals surface area contributed by atoms with Crippen LogP contribution in [0.25, 0.3) is 0 Å². The molecule has 7 nitrogen and oxygen atoms in total. The fraction of sp³-hybridized carbons (Fsp3) is 0.875. The van der Waals surface area contributed by atoms with E-state index in [0.29, 0.717) is 19.6 Å². The molecule has 1 fully saturated rings. The Morgan fingerprint density at radius 1 is 0.783 bits per heavy atom. The topological polar surface area (TPSA) is 84.3 Å². The maximum Gasteiger partial charge on any atom is 0.317 e. The molecular weight excluding hydrogens is 298 g/mol. The third kappa shape index (κ3) is 9.53. The van der Waals surface area contributed by atoms with Crippen LogP contribution in [0.1, 0.15) is 27.2 Å². The summed E-state index contributed by atoms with van der Waals surface area (Å²) in [4.78, 5) is 28.2. The second kappa shape index (κ2) is 9.20. The number of aliphatic carboxylic acids is 2. The molecule has 23 heavy (non-hydrogen) atoms. The first-order chi connectivity index (χ1) is 10.7. The summed E-state index contributed by atoms with van der Waals surface area (Å²) in [5.41, 5.74) is 0.183. The molecule has 0 unspecified atom stereocenters. The second-order valence-electron chi connectivity index (χ2n) is 7.53. The van der Waals surface area contributed by atoms with Gasteiger partial charge in [0.2, 0.25) is 0 Å². The zero-order chi connectivity index (χ0) is 17.5. The predicted molar refractivity (Wildman–Crippen MR) is 88.7 cm³/mol. The van der Waals surface area contributed by atoms with Gasteiger partial charge < -0.3 is 15.1 Å². The molecule has 1 saturated heterocycles. The first-order valence-electron chi connectivity index (χ1n) is 8.26. The van der Waals surface area contributed by atoms with Crippen LogP contribution in [0.3, 0.4) is 0 Å². The van der Waals surface area contributed by atoms with Crippen LogP contribution in [0.15, 0.2) is 0 Å². The summed E-state index contributed by atoms with van der Waals surface area (Å²) in [5.74, 6) is -1.67. The molecule has 0 saturated carbocycles. The van der Waals surface area contributed by atoms with Crippen molar-refractivity contribution in [3.05, 3.63) is 0 Å². The zero-order valence-corrected chi connectivity index (χ0v) is 14.6. The third-order valence-electron chi connectivity index (χ3n) is 3.83. The molecular formula is C16H31N3O4. The fourth-order valence-corrected chi connectivity index (χ4v) is 2.95. The molecule has 0 aromatic rings. The van der Waals surface area contributed by atoms with Crippen molar-refractivity contribution in [1.82, 2.24) is 14.7 Å². The van der Waals surface area contributed by atoms with Crippen LogP contribution in [0.5, 0.6) is 0 Å². The number of carbonyl (C=O) groups is 2. The van der Waals surface area contributed by atoms with Gasteiger partial charge in [0.1, 0.15) is 0 Å². The Labute approximate surface area is 138 Å². The van der Waals surface area contributed by atoms with Gasteiger partial charge >= 0.3 is 11.9 Å². The molecule has 1 heterocycles. The molecule has 134 valence electrons. The maximum atomic E-state index is 11.0. The van der Waals surface area contributed by atoms with E-state index in [4.69, 9.17) is 10.2 Å². The van der Waals surface area contributed by atoms with Gasteiger partial charge in [-0.1, -0.05) is 20.8 Å². The van der Waals surface area contributed by atoms with Crippen LogP contribution in [0.4, 0.5) is 0 Å². The average Bonchev–Trinajstić information content (AvgIpc) is 2.37. The lowest BCUT2D eigenvalue weighted by Crippen LogP contribution is -2.46. The Balaban J connectivity index is 2.70. The van der Waals surface area contributed by atoms with E-state index < -0.39 is 11.9 Å². The number of carboxylic acids is 2. The summed E-state index contributed by atoms with van der Waals surface area (Å²) >= 11 is 0. The van der Waals surface area contributed by atoms with Gasteiger partial charge in [0.15, 0.2) is 0 Å². The van der Waals surface area contributed by atoms with Gasteiger partial charge in [0, 0.05) is 39.3 Å². The lowest BCUT2D eigenvalue weighted by atomic mass is 9.96. The minimum absolute atomic E-state index is 0.00424. The molecule has 0 spiro atoms. The zero-order valence-electron chi connectivity index (χ0n) is 14.6. The van der Waals surface area contributed by atoms with Crippen molar-refractivity contribution in [2.24, 2.45) is 5.41 Å². The minimum atomic E-state index is -0.839. The molecule has 0 amide bonds. The molecule has 0 radical (unpaired) electrons. The van der Waals surface area contributed by atoms with E-state index in [-0.39, 0.29) is 18.5 Å². The lowest BCUT2D eigenvalue weighted by Gasteiger charge is -2.34. The fourth-order valence-electron chi connectivity index (χ4n) is 2.95. The van der Waals surface area contributed by atoms with Crippen molar-refractivity contribution in [1.29, 1.82) is 0 Å². The van der Waals surface area contributed by atoms with Gasteiger partial charge in [0.25, 0.3) is 0 Å². The normalized spacial score (nSPS) is 20.3. The number of hydrogen-bond donors (Lipinski definition) is 2. The van der Waals surface area contributed by atoms with Gasteiger partial charge in [-0.05, 0) is 18.4 Å². The van der Waals surface area contributed by atoms with Gasteiger partial charge in [0.05, 0.1) is 13.1 Å². The molecule has 2 N–H and O–H groups in total. The summed E-state index contributed by atoms with van der Waals surface area (Å²) in [6.45, 7) is 11.9. The molecule has 0 aromatic carbocycles. The second-order valence-corrected chi connectivity index (χ2v) is 7.53. The quantitative estimate of drug-likeness (QED) is 0.760. The van der Waals surface area contributed by atoms with Crippen LogP contribution in [0.2, 0.25) is 0 Å². The van der Waals surface area contributed by atoms with E-state index in [0.717, 1.165) is 32.6 Å². The Bertz CT molecular complexity index is 395. The van der Waals surface area contributed by atoms with Gasteiger partial charge in [-0.25, -0.2) is 0 Å². The van der Waals surface area contributed by atoms with Gasteiger partial charge in [-0.2, -0.15) is 0 Å². The molecule has 7 heteroatoms. The molecule has 0 aliphatic carbocycles. The summed E-state index contributed by atoms with van der Waals surface area (Å²) in [5, 5.41) is 18.1. The van der Waals surface area contributed by atoms with Crippen LogP contribution in [0, 0.1) is 5.41 Å². The predicted octanol–water partition coefficient (Wildman–Crippen LogP) is 0.511. The van der Waals surface area contributed by atoms with Gasteiger partial charge in [-0.15, -0.1) is 0 Å². The Kier molecular flexibility index (Phi) is 7.94. The highest BCUT2D eigenvalue weighted by Gasteiger charge is 2.21. The lowest BCUT2D eigenvalue weighted by molar-refractivity contribution is -0.140. The number of hydrogen-bond acceptors (Lipinski definition) is 5. The van der Waals surface area contributed by atoms with Crippen molar-refractivity contribution in [3.63, 3.8) is 0 Å². The summed E-state index contributed by atoms with van der Waals surface area (Å²) in [7, 11) is 0. The van der Waals surface area contributed by atoms with E-state index >= 15 is 0 Å². The first-order valence-corrected chi connectivity index (χ1v) is 8.26. The van der Waals surface area contributed by atoms with E-state index in [1.54, 1.807) is 0 Å². The van der Waals surface area contributed by atoms with Crippen molar-refractivity contribution in [2.75, 3.05) is 58.9 Å². The number of nitrogens with zero attached hydrogens (tertiary/aromatic N) is 3. The SMILES string of the molecule is CC(C)(C)CN1CCCN(CC(=O)O)CCN(CC(=O)O)CC1. The Morgan fingerprint density at radius 3 is 1.61 bits per heavy atom. The Hall–Kier alpha value is -1.18. The smallest absolute Gasteiger partial charge is 0.317 e. The van der Waals surface area contributed by atoms with Crippen molar-refractivity contribution in [3.8, 4) is 0 Å². The Morgan fingerprint density at radius 2 is 1.17 bits per heavy atom. The van der Waals surface area contributed by atoms with Crippen LogP contribution in [-0.2, 0) is 9.59 Å². The minimum Gasteiger partial charge on any atom is -0.480 e. The largest absolute Gasteiger partial charge is 0.480 e. The average molecular weight is 329 g/mol. The van der Waals surface area contributed by atoms with E-state index in [2.05, 4.69) is 25.7 Å². The third-order valence-corrected chi connectivity index (χ3v) is 3.83.